The number of carbonyl (C=O) groups is 1. The van der Waals surface area contributed by atoms with Crippen LogP contribution in [-0.4, -0.2) is 38.4 Å². The molecule has 0 aliphatic carbocycles. The van der Waals surface area contributed by atoms with Crippen molar-refractivity contribution in [3.05, 3.63) is 29.8 Å². The second-order valence-corrected chi connectivity index (χ2v) is 4.45. The number of nitrogens with zero attached hydrogens (tertiary/aromatic N) is 2. The molecule has 1 heterocycles. The van der Waals surface area contributed by atoms with Crippen LogP contribution in [0.5, 0.6) is 0 Å². The first kappa shape index (κ1) is 15.3. The fourth-order valence-electron chi connectivity index (χ4n) is 1.84. The van der Waals surface area contributed by atoms with E-state index in [0.717, 1.165) is 12.1 Å². The van der Waals surface area contributed by atoms with Crippen LogP contribution >= 0.6 is 0 Å². The summed E-state index contributed by atoms with van der Waals surface area (Å²) in [7, 11) is 1.29. The van der Waals surface area contributed by atoms with Gasteiger partial charge in [0, 0.05) is 6.21 Å². The van der Waals surface area contributed by atoms with Gasteiger partial charge in [-0.15, -0.1) is 0 Å². The van der Waals surface area contributed by atoms with Gasteiger partial charge in [-0.1, -0.05) is 0 Å². The number of esters is 1. The van der Waals surface area contributed by atoms with E-state index in [1.165, 1.54) is 19.2 Å². The van der Waals surface area contributed by atoms with Crippen molar-refractivity contribution in [1.82, 2.24) is 5.32 Å². The van der Waals surface area contributed by atoms with Gasteiger partial charge >= 0.3 is 12.1 Å². The third-order valence-corrected chi connectivity index (χ3v) is 2.98. The zero-order chi connectivity index (χ0) is 15.5. The number of nitrogens with one attached hydrogen (secondary N) is 1. The Morgan fingerprint density at radius 3 is 2.67 bits per heavy atom. The lowest BCUT2D eigenvalue weighted by molar-refractivity contribution is -0.139. The molecule has 1 atom stereocenters. The summed E-state index contributed by atoms with van der Waals surface area (Å²) in [4.78, 5) is 11.0. The highest BCUT2D eigenvalue weighted by atomic mass is 19.4. The number of benzene rings is 1. The summed E-state index contributed by atoms with van der Waals surface area (Å²) in [5.74, 6) is -0.392. The molecule has 0 amide bonds. The second-order valence-electron chi connectivity index (χ2n) is 4.45. The number of alkyl halides is 3. The van der Waals surface area contributed by atoms with E-state index in [-0.39, 0.29) is 12.6 Å². The smallest absolute Gasteiger partial charge is 0.416 e. The van der Waals surface area contributed by atoms with Crippen LogP contribution < -0.4 is 10.3 Å². The van der Waals surface area contributed by atoms with Crippen LogP contribution in [0.2, 0.25) is 0 Å². The molecular formula is C13H14F3N3O2. The fraction of sp³-hybridized carbons (Fsp3) is 0.385. The van der Waals surface area contributed by atoms with Gasteiger partial charge < -0.3 is 4.74 Å². The zero-order valence-electron chi connectivity index (χ0n) is 11.2. The average Bonchev–Trinajstić information content (AvgIpc) is 2.93. The fourth-order valence-corrected chi connectivity index (χ4v) is 1.84. The van der Waals surface area contributed by atoms with Crippen molar-refractivity contribution in [2.45, 2.75) is 12.2 Å². The molecule has 0 fully saturated rings. The van der Waals surface area contributed by atoms with Crippen molar-refractivity contribution < 1.29 is 22.7 Å². The minimum absolute atomic E-state index is 0.0496. The van der Waals surface area contributed by atoms with Gasteiger partial charge in [-0.2, -0.15) is 18.3 Å². The molecule has 1 aliphatic heterocycles. The molecule has 0 saturated carbocycles. The topological polar surface area (TPSA) is 53.9 Å². The van der Waals surface area contributed by atoms with E-state index < -0.39 is 17.7 Å². The number of hydrazone groups is 1. The van der Waals surface area contributed by atoms with E-state index in [0.29, 0.717) is 12.2 Å². The number of carbonyl (C=O) groups excluding carboxylic acids is 1. The standard InChI is InChI=1S/C13H14F3N3O2/c1-21-12(20)7-17-10-6-18-19(8-10)11-4-2-9(3-5-11)13(14,15)16/h2-6,10,17H,7-8H2,1H3. The highest BCUT2D eigenvalue weighted by Gasteiger charge is 2.30. The van der Waals surface area contributed by atoms with Gasteiger partial charge in [0.25, 0.3) is 0 Å². The number of hydrogen-bond acceptors (Lipinski definition) is 5. The maximum absolute atomic E-state index is 12.5. The Hall–Kier alpha value is -2.09. The molecule has 1 aliphatic rings. The van der Waals surface area contributed by atoms with Crippen LogP contribution in [0.1, 0.15) is 5.56 Å². The third-order valence-electron chi connectivity index (χ3n) is 2.98. The van der Waals surface area contributed by atoms with Crippen molar-refractivity contribution >= 4 is 17.9 Å². The minimum Gasteiger partial charge on any atom is -0.468 e. The van der Waals surface area contributed by atoms with E-state index in [1.807, 2.05) is 0 Å². The summed E-state index contributed by atoms with van der Waals surface area (Å²) in [6, 6.07) is 4.60. The SMILES string of the molecule is COC(=O)CNC1C=NN(c2ccc(C(F)(F)F)cc2)C1. The van der Waals surface area contributed by atoms with E-state index in [9.17, 15) is 18.0 Å². The predicted molar refractivity (Wildman–Crippen MR) is 71.1 cm³/mol. The largest absolute Gasteiger partial charge is 0.468 e. The van der Waals surface area contributed by atoms with Gasteiger partial charge in [0.1, 0.15) is 0 Å². The van der Waals surface area contributed by atoms with Crippen LogP contribution in [0.3, 0.4) is 0 Å². The molecule has 2 rings (SSSR count). The molecule has 21 heavy (non-hydrogen) atoms. The molecule has 1 unspecified atom stereocenters. The number of anilines is 1. The molecule has 0 spiro atoms. The summed E-state index contributed by atoms with van der Waals surface area (Å²) < 4.78 is 41.9. The van der Waals surface area contributed by atoms with Gasteiger partial charge in [-0.05, 0) is 24.3 Å². The molecule has 1 N–H and O–H groups in total. The first-order valence-corrected chi connectivity index (χ1v) is 6.19. The maximum Gasteiger partial charge on any atom is 0.416 e. The highest BCUT2D eigenvalue weighted by molar-refractivity contribution is 5.75. The van der Waals surface area contributed by atoms with Gasteiger partial charge in [-0.3, -0.25) is 15.1 Å². The number of ether oxygens (including phenoxy) is 1. The van der Waals surface area contributed by atoms with E-state index in [2.05, 4.69) is 15.2 Å². The predicted octanol–water partition coefficient (Wildman–Crippen LogP) is 1.64. The van der Waals surface area contributed by atoms with Crippen molar-refractivity contribution in [3.8, 4) is 0 Å². The van der Waals surface area contributed by atoms with Crippen molar-refractivity contribution in [1.29, 1.82) is 0 Å². The minimum atomic E-state index is -4.35. The first-order valence-electron chi connectivity index (χ1n) is 6.19. The average molecular weight is 301 g/mol. The lowest BCUT2D eigenvalue weighted by Crippen LogP contribution is -2.38. The van der Waals surface area contributed by atoms with Gasteiger partial charge in [0.2, 0.25) is 0 Å². The Kier molecular flexibility index (Phi) is 4.46. The molecule has 0 radical (unpaired) electrons. The van der Waals surface area contributed by atoms with Gasteiger partial charge in [0.15, 0.2) is 0 Å². The first-order chi connectivity index (χ1) is 9.90. The molecular weight excluding hydrogens is 287 g/mol. The summed E-state index contributed by atoms with van der Waals surface area (Å²) in [5, 5.41) is 8.58. The Morgan fingerprint density at radius 2 is 2.10 bits per heavy atom. The molecule has 0 aromatic heterocycles. The van der Waals surface area contributed by atoms with E-state index in [1.54, 1.807) is 11.2 Å². The third kappa shape index (κ3) is 3.94. The van der Waals surface area contributed by atoms with Gasteiger partial charge in [-0.25, -0.2) is 0 Å². The monoisotopic (exact) mass is 301 g/mol. The Bertz CT molecular complexity index is 528. The lowest BCUT2D eigenvalue weighted by atomic mass is 10.2. The Balaban J connectivity index is 1.93. The maximum atomic E-state index is 12.5. The quantitative estimate of drug-likeness (QED) is 0.859. The summed E-state index contributed by atoms with van der Waals surface area (Å²) in [6.45, 7) is 0.483. The second kappa shape index (κ2) is 6.13. The lowest BCUT2D eigenvalue weighted by Gasteiger charge is -2.17. The van der Waals surface area contributed by atoms with Crippen LogP contribution in [-0.2, 0) is 15.7 Å². The Morgan fingerprint density at radius 1 is 1.43 bits per heavy atom. The molecule has 114 valence electrons. The molecule has 8 heteroatoms. The molecule has 1 aromatic rings. The van der Waals surface area contributed by atoms with Gasteiger partial charge in [0.05, 0.1) is 37.5 Å². The Labute approximate surface area is 119 Å². The summed E-state index contributed by atoms with van der Waals surface area (Å²) >= 11 is 0. The molecule has 0 saturated heterocycles. The summed E-state index contributed by atoms with van der Waals surface area (Å²) in [5.41, 5.74) is -0.142. The van der Waals surface area contributed by atoms with Crippen molar-refractivity contribution in [3.63, 3.8) is 0 Å². The van der Waals surface area contributed by atoms with Crippen LogP contribution in [0.4, 0.5) is 18.9 Å². The highest BCUT2D eigenvalue weighted by Crippen LogP contribution is 2.30. The van der Waals surface area contributed by atoms with Crippen molar-refractivity contribution in [2.24, 2.45) is 5.10 Å². The van der Waals surface area contributed by atoms with Crippen molar-refractivity contribution in [2.75, 3.05) is 25.2 Å². The molecule has 0 bridgehead atoms. The zero-order valence-corrected chi connectivity index (χ0v) is 11.2. The number of hydrogen-bond donors (Lipinski definition) is 1. The number of halogens is 3. The molecule has 1 aromatic carbocycles. The van der Waals surface area contributed by atoms with E-state index >= 15 is 0 Å². The summed E-state index contributed by atoms with van der Waals surface area (Å²) in [6.07, 6.45) is -2.75. The molecule has 5 nitrogen and oxygen atoms in total. The number of methoxy groups -OCH3 is 1. The number of rotatable bonds is 4. The normalized spacial score (nSPS) is 18.1. The van der Waals surface area contributed by atoms with Crippen LogP contribution in [0.25, 0.3) is 0 Å². The van der Waals surface area contributed by atoms with E-state index in [4.69, 9.17) is 0 Å². The van der Waals surface area contributed by atoms with Crippen LogP contribution in [0, 0.1) is 0 Å². The van der Waals surface area contributed by atoms with Crippen LogP contribution in [0.15, 0.2) is 29.4 Å².